The molecule has 0 aliphatic carbocycles. The van der Waals surface area contributed by atoms with Crippen LogP contribution < -0.4 is 22.3 Å². The summed E-state index contributed by atoms with van der Waals surface area (Å²) in [5, 5.41) is 23.1. The van der Waals surface area contributed by atoms with Crippen molar-refractivity contribution in [3.8, 4) is 34.3 Å². The number of nitrogens with one attached hydrogen (secondary N) is 3. The fourth-order valence-electron chi connectivity index (χ4n) is 4.93. The van der Waals surface area contributed by atoms with Gasteiger partial charge in [-0.2, -0.15) is 19.9 Å². The molecule has 3 heterocycles. The number of carbonyl (C=O) groups is 1. The Morgan fingerprint density at radius 1 is 1.05 bits per heavy atom. The summed E-state index contributed by atoms with van der Waals surface area (Å²) >= 11 is 0. The number of carbonyl (C=O) groups excluding carboxylic acids is 1. The molecule has 0 spiro atoms. The molecule has 0 fully saturated rings. The summed E-state index contributed by atoms with van der Waals surface area (Å²) in [4.78, 5) is 48.6. The number of nitrogens with two attached hydrogens (primary N) is 1. The summed E-state index contributed by atoms with van der Waals surface area (Å²) in [7, 11) is 3.99. The number of hydrogen-bond donors (Lipinski definition) is 4. The van der Waals surface area contributed by atoms with E-state index in [0.717, 1.165) is 23.2 Å². The quantitative estimate of drug-likeness (QED) is 0.226. The van der Waals surface area contributed by atoms with E-state index in [1.54, 1.807) is 36.4 Å². The van der Waals surface area contributed by atoms with E-state index in [2.05, 4.69) is 41.5 Å². The van der Waals surface area contributed by atoms with Crippen LogP contribution in [0.2, 0.25) is 0 Å². The van der Waals surface area contributed by atoms with Crippen LogP contribution in [0.1, 0.15) is 11.3 Å². The summed E-state index contributed by atoms with van der Waals surface area (Å²) in [5.74, 6) is 0.427. The van der Waals surface area contributed by atoms with E-state index in [-0.39, 0.29) is 22.7 Å². The van der Waals surface area contributed by atoms with Gasteiger partial charge in [0.05, 0.1) is 5.69 Å². The fourth-order valence-corrected chi connectivity index (χ4v) is 4.93. The van der Waals surface area contributed by atoms with E-state index in [0.29, 0.717) is 27.3 Å². The minimum absolute atomic E-state index is 0.0527. The molecule has 0 bridgehead atoms. The van der Waals surface area contributed by atoms with Crippen LogP contribution in [0.4, 0.5) is 16.4 Å². The van der Waals surface area contributed by atoms with Gasteiger partial charge < -0.3 is 20.9 Å². The third-order valence-corrected chi connectivity index (χ3v) is 6.85. The number of benzene rings is 3. The number of anilines is 2. The first kappa shape index (κ1) is 27.8. The van der Waals surface area contributed by atoms with E-state index in [1.165, 1.54) is 4.68 Å². The zero-order chi connectivity index (χ0) is 31.0. The molecule has 1 amide bonds. The van der Waals surface area contributed by atoms with Crippen LogP contribution >= 0.6 is 0 Å². The van der Waals surface area contributed by atoms with Crippen molar-refractivity contribution >= 4 is 28.7 Å². The molecule has 0 atom stereocenters. The van der Waals surface area contributed by atoms with Crippen molar-refractivity contribution in [2.45, 2.75) is 6.54 Å². The number of aromatic nitrogens is 7. The topological polar surface area (TPSA) is 196 Å². The Balaban J connectivity index is 1.36. The second-order valence-corrected chi connectivity index (χ2v) is 10.2. The lowest BCUT2D eigenvalue weighted by Crippen LogP contribution is -2.42. The van der Waals surface area contributed by atoms with Crippen molar-refractivity contribution in [2.75, 3.05) is 25.1 Å². The molecule has 3 aromatic carbocycles. The van der Waals surface area contributed by atoms with Gasteiger partial charge in [-0.15, -0.1) is 5.10 Å². The lowest BCUT2D eigenvalue weighted by atomic mass is 9.99. The maximum atomic E-state index is 13.7. The van der Waals surface area contributed by atoms with Crippen molar-refractivity contribution < 1.29 is 4.79 Å². The molecule has 3 aromatic heterocycles. The SMILES string of the molecule is CN(C)Cc1ccccc1-c1ccc(NC(=O)n2c(=O)[nH]c3c(C#N)nn(-c4cccc(-c5nc(N)n[nH]5)c4)c3c2=O)cc1. The van der Waals surface area contributed by atoms with Gasteiger partial charge in [0, 0.05) is 17.8 Å². The lowest BCUT2D eigenvalue weighted by molar-refractivity contribution is 0.252. The number of amides is 1. The van der Waals surface area contributed by atoms with Crippen molar-refractivity contribution in [2.24, 2.45) is 0 Å². The number of hydrogen-bond acceptors (Lipinski definition) is 9. The van der Waals surface area contributed by atoms with E-state index >= 15 is 0 Å². The molecule has 0 aliphatic rings. The number of fused-ring (bicyclic) bond motifs is 1. The molecule has 14 nitrogen and oxygen atoms in total. The van der Waals surface area contributed by atoms with Crippen LogP contribution in [0.5, 0.6) is 0 Å². The summed E-state index contributed by atoms with van der Waals surface area (Å²) in [6.07, 6.45) is 0. The number of nitrogens with zero attached hydrogens (tertiary/aromatic N) is 7. The van der Waals surface area contributed by atoms with Crippen LogP contribution in [0, 0.1) is 11.3 Å². The van der Waals surface area contributed by atoms with Crippen LogP contribution in [0.3, 0.4) is 0 Å². The molecule has 6 rings (SSSR count). The molecule has 0 saturated heterocycles. The second kappa shape index (κ2) is 11.2. The Hall–Kier alpha value is -6.33. The predicted octanol–water partition coefficient (Wildman–Crippen LogP) is 2.92. The minimum atomic E-state index is -1.02. The highest BCUT2D eigenvalue weighted by Crippen LogP contribution is 2.26. The summed E-state index contributed by atoms with van der Waals surface area (Å²) in [6, 6.07) is 22.7. The monoisotopic (exact) mass is 587 g/mol. The molecule has 14 heteroatoms. The first-order valence-corrected chi connectivity index (χ1v) is 13.3. The second-order valence-electron chi connectivity index (χ2n) is 10.2. The first-order valence-electron chi connectivity index (χ1n) is 13.3. The Morgan fingerprint density at radius 3 is 2.52 bits per heavy atom. The largest absolute Gasteiger partial charge is 0.366 e. The van der Waals surface area contributed by atoms with Gasteiger partial charge in [-0.3, -0.25) is 9.89 Å². The molecule has 5 N–H and O–H groups in total. The summed E-state index contributed by atoms with van der Waals surface area (Å²) in [5.41, 5.74) is 7.64. The molecule has 6 aromatic rings. The summed E-state index contributed by atoms with van der Waals surface area (Å²) in [6.45, 7) is 0.756. The van der Waals surface area contributed by atoms with E-state index in [1.807, 2.05) is 50.5 Å². The first-order chi connectivity index (χ1) is 21.2. The number of aromatic amines is 2. The van der Waals surface area contributed by atoms with E-state index in [9.17, 15) is 19.6 Å². The Morgan fingerprint density at radius 2 is 1.82 bits per heavy atom. The van der Waals surface area contributed by atoms with Crippen molar-refractivity contribution in [1.82, 2.24) is 39.4 Å². The van der Waals surface area contributed by atoms with Gasteiger partial charge in [0.15, 0.2) is 17.0 Å². The molecule has 218 valence electrons. The van der Waals surface area contributed by atoms with Gasteiger partial charge in [0.2, 0.25) is 5.95 Å². The zero-order valence-electron chi connectivity index (χ0n) is 23.6. The number of nitrogen functional groups attached to an aromatic ring is 1. The maximum Gasteiger partial charge on any atom is 0.337 e. The maximum absolute atomic E-state index is 13.7. The molecular weight excluding hydrogens is 562 g/mol. The smallest absolute Gasteiger partial charge is 0.337 e. The van der Waals surface area contributed by atoms with Crippen LogP contribution in [-0.2, 0) is 6.54 Å². The molecule has 0 radical (unpaired) electrons. The van der Waals surface area contributed by atoms with Crippen LogP contribution in [0.15, 0.2) is 82.4 Å². The highest BCUT2D eigenvalue weighted by molar-refractivity contribution is 5.93. The van der Waals surface area contributed by atoms with Crippen LogP contribution in [-0.4, -0.2) is 59.5 Å². The third kappa shape index (κ3) is 5.10. The zero-order valence-corrected chi connectivity index (χ0v) is 23.6. The van der Waals surface area contributed by atoms with Gasteiger partial charge in [0.1, 0.15) is 11.6 Å². The highest BCUT2D eigenvalue weighted by atomic mass is 16.2. The lowest BCUT2D eigenvalue weighted by Gasteiger charge is -2.15. The van der Waals surface area contributed by atoms with Crippen LogP contribution in [0.25, 0.3) is 39.2 Å². The average Bonchev–Trinajstić information content (AvgIpc) is 3.61. The number of H-pyrrole nitrogens is 2. The van der Waals surface area contributed by atoms with Crippen molar-refractivity contribution in [1.29, 1.82) is 5.26 Å². The normalized spacial score (nSPS) is 11.1. The van der Waals surface area contributed by atoms with Gasteiger partial charge in [-0.1, -0.05) is 48.5 Å². The van der Waals surface area contributed by atoms with Gasteiger partial charge in [-0.05, 0) is 55.1 Å². The van der Waals surface area contributed by atoms with Gasteiger partial charge in [0.25, 0.3) is 5.56 Å². The number of rotatable bonds is 6. The van der Waals surface area contributed by atoms with Gasteiger partial charge >= 0.3 is 11.7 Å². The molecular formula is C30H25N11O3. The standard InChI is InChI=1S/C30H25N11O3/c1-39(2)16-19-6-3-4-9-22(19)17-10-12-20(13-11-17)33-29(43)40-27(42)25-24(34-30(40)44)23(15-31)38-41(25)21-8-5-7-18(14-21)26-35-28(32)37-36-26/h3-14H,16H2,1-2H3,(H,33,43)(H,34,44)(H3,32,35,36,37). The van der Waals surface area contributed by atoms with E-state index < -0.39 is 17.3 Å². The molecule has 0 unspecified atom stereocenters. The third-order valence-electron chi connectivity index (χ3n) is 6.85. The Labute approximate surface area is 249 Å². The summed E-state index contributed by atoms with van der Waals surface area (Å²) < 4.78 is 1.63. The number of nitriles is 1. The average molecular weight is 588 g/mol. The molecule has 0 aliphatic heterocycles. The predicted molar refractivity (Wildman–Crippen MR) is 164 cm³/mol. The Bertz CT molecular complexity index is 2200. The highest BCUT2D eigenvalue weighted by Gasteiger charge is 2.23. The minimum Gasteiger partial charge on any atom is -0.366 e. The Kier molecular flexibility index (Phi) is 7.05. The fraction of sp³-hybridized carbons (Fsp3) is 0.100. The van der Waals surface area contributed by atoms with Gasteiger partial charge in [-0.25, -0.2) is 14.3 Å². The van der Waals surface area contributed by atoms with Crippen molar-refractivity contribution in [3.05, 3.63) is 105 Å². The van der Waals surface area contributed by atoms with E-state index in [4.69, 9.17) is 5.73 Å². The van der Waals surface area contributed by atoms with Crippen molar-refractivity contribution in [3.63, 3.8) is 0 Å². The molecule has 0 saturated carbocycles. The molecule has 44 heavy (non-hydrogen) atoms.